The van der Waals surface area contributed by atoms with Crippen LogP contribution in [-0.4, -0.2) is 38.1 Å². The third-order valence-electron chi connectivity index (χ3n) is 4.70. The predicted octanol–water partition coefficient (Wildman–Crippen LogP) is 4.22. The summed E-state index contributed by atoms with van der Waals surface area (Å²) in [6.07, 6.45) is 0. The molecule has 0 saturated heterocycles. The van der Waals surface area contributed by atoms with Crippen molar-refractivity contribution >= 4 is 28.6 Å². The molecular formula is C21H21N3O2S. The Balaban J connectivity index is 1.66. The highest BCUT2D eigenvalue weighted by Gasteiger charge is 2.26. The fraction of sp³-hybridized carbons (Fsp3) is 0.238. The number of hydrogen-bond acceptors (Lipinski definition) is 5. The van der Waals surface area contributed by atoms with E-state index in [1.807, 2.05) is 67.7 Å². The van der Waals surface area contributed by atoms with E-state index in [0.717, 1.165) is 34.1 Å². The van der Waals surface area contributed by atoms with Crippen LogP contribution in [0.3, 0.4) is 0 Å². The minimum Gasteiger partial charge on any atom is -0.489 e. The van der Waals surface area contributed by atoms with Gasteiger partial charge in [0.05, 0.1) is 29.2 Å². The molecule has 1 amide bonds. The number of rotatable bonds is 3. The maximum atomic E-state index is 13.2. The number of hydrogen-bond donors (Lipinski definition) is 0. The number of carbonyl (C=O) groups is 1. The van der Waals surface area contributed by atoms with Gasteiger partial charge in [-0.25, -0.2) is 0 Å². The Morgan fingerprint density at radius 2 is 2.07 bits per heavy atom. The molecule has 2 aromatic heterocycles. The van der Waals surface area contributed by atoms with Crippen LogP contribution in [-0.2, 0) is 0 Å². The topological polar surface area (TPSA) is 45.7 Å². The number of amides is 1. The molecule has 0 radical (unpaired) electrons. The first kappa shape index (κ1) is 17.5. The van der Waals surface area contributed by atoms with Crippen LogP contribution in [0.25, 0.3) is 11.3 Å². The summed E-state index contributed by atoms with van der Waals surface area (Å²) in [5.41, 5.74) is 5.18. The summed E-state index contributed by atoms with van der Waals surface area (Å²) >= 11 is 1.64. The molecule has 6 heteroatoms. The summed E-state index contributed by atoms with van der Waals surface area (Å²) in [5.74, 6) is 0.695. The van der Waals surface area contributed by atoms with E-state index in [1.54, 1.807) is 16.2 Å². The summed E-state index contributed by atoms with van der Waals surface area (Å²) in [7, 11) is 3.97. The maximum absolute atomic E-state index is 13.2. The number of thiophene rings is 1. The molecule has 0 saturated carbocycles. The second kappa shape index (κ2) is 7.04. The van der Waals surface area contributed by atoms with Crippen molar-refractivity contribution < 1.29 is 9.53 Å². The van der Waals surface area contributed by atoms with Crippen molar-refractivity contribution in [3.63, 3.8) is 0 Å². The fourth-order valence-electron chi connectivity index (χ4n) is 3.20. The molecule has 4 rings (SSSR count). The van der Waals surface area contributed by atoms with E-state index in [2.05, 4.69) is 10.4 Å². The number of nitrogens with zero attached hydrogens (tertiary/aromatic N) is 3. The monoisotopic (exact) mass is 379 g/mol. The molecule has 0 fully saturated rings. The standard InChI is InChI=1S/C21H21N3O2S/c1-14-17(5-6-18(22-14)15-8-11-27-13-15)21(25)24-9-10-26-20-12-16(23(2)3)4-7-19(20)24/h4-8,11-13H,9-10H2,1-3H3. The molecule has 0 N–H and O–H groups in total. The largest absolute Gasteiger partial charge is 0.489 e. The lowest BCUT2D eigenvalue weighted by Crippen LogP contribution is -2.38. The fourth-order valence-corrected chi connectivity index (χ4v) is 3.85. The summed E-state index contributed by atoms with van der Waals surface area (Å²) in [6, 6.07) is 11.7. The molecule has 5 nitrogen and oxygen atoms in total. The van der Waals surface area contributed by atoms with Crippen LogP contribution < -0.4 is 14.5 Å². The van der Waals surface area contributed by atoms with Gasteiger partial charge in [0, 0.05) is 36.8 Å². The molecule has 27 heavy (non-hydrogen) atoms. The predicted molar refractivity (Wildman–Crippen MR) is 110 cm³/mol. The van der Waals surface area contributed by atoms with E-state index < -0.39 is 0 Å². The van der Waals surface area contributed by atoms with Crippen molar-refractivity contribution in [2.24, 2.45) is 0 Å². The van der Waals surface area contributed by atoms with E-state index in [4.69, 9.17) is 4.74 Å². The van der Waals surface area contributed by atoms with E-state index >= 15 is 0 Å². The first-order valence-corrected chi connectivity index (χ1v) is 9.75. The highest BCUT2D eigenvalue weighted by Crippen LogP contribution is 2.36. The van der Waals surface area contributed by atoms with Gasteiger partial charge in [-0.3, -0.25) is 9.78 Å². The van der Waals surface area contributed by atoms with Crippen LogP contribution >= 0.6 is 11.3 Å². The number of fused-ring (bicyclic) bond motifs is 1. The molecule has 3 aromatic rings. The first-order valence-electron chi connectivity index (χ1n) is 8.81. The number of pyridine rings is 1. The van der Waals surface area contributed by atoms with Crippen LogP contribution in [0.15, 0.2) is 47.2 Å². The molecule has 0 bridgehead atoms. The van der Waals surface area contributed by atoms with Crippen molar-refractivity contribution in [2.45, 2.75) is 6.92 Å². The van der Waals surface area contributed by atoms with Gasteiger partial charge in [0.2, 0.25) is 0 Å². The minimum absolute atomic E-state index is 0.0426. The number of aromatic nitrogens is 1. The Hall–Kier alpha value is -2.86. The molecule has 1 aliphatic rings. The second-order valence-electron chi connectivity index (χ2n) is 6.69. The highest BCUT2D eigenvalue weighted by molar-refractivity contribution is 7.08. The van der Waals surface area contributed by atoms with Gasteiger partial charge >= 0.3 is 0 Å². The van der Waals surface area contributed by atoms with E-state index in [9.17, 15) is 4.79 Å². The van der Waals surface area contributed by atoms with Crippen molar-refractivity contribution in [1.82, 2.24) is 4.98 Å². The van der Waals surface area contributed by atoms with Crippen molar-refractivity contribution in [3.8, 4) is 17.0 Å². The Kier molecular flexibility index (Phi) is 4.58. The van der Waals surface area contributed by atoms with Crippen LogP contribution in [0.2, 0.25) is 0 Å². The number of aryl methyl sites for hydroxylation is 1. The summed E-state index contributed by atoms with van der Waals surface area (Å²) in [5, 5.41) is 4.09. The third kappa shape index (κ3) is 3.28. The Bertz CT molecular complexity index is 983. The normalized spacial score (nSPS) is 13.1. The maximum Gasteiger partial charge on any atom is 0.260 e. The Morgan fingerprint density at radius 3 is 2.78 bits per heavy atom. The first-order chi connectivity index (χ1) is 13.0. The zero-order valence-electron chi connectivity index (χ0n) is 15.6. The van der Waals surface area contributed by atoms with Gasteiger partial charge in [-0.1, -0.05) is 0 Å². The number of anilines is 2. The van der Waals surface area contributed by atoms with Crippen LogP contribution in [0, 0.1) is 6.92 Å². The lowest BCUT2D eigenvalue weighted by atomic mass is 10.1. The molecule has 1 aliphatic heterocycles. The molecule has 138 valence electrons. The SMILES string of the molecule is Cc1nc(-c2ccsc2)ccc1C(=O)N1CCOc2cc(N(C)C)ccc21. The lowest BCUT2D eigenvalue weighted by molar-refractivity contribution is 0.0975. The van der Waals surface area contributed by atoms with E-state index in [0.29, 0.717) is 18.7 Å². The van der Waals surface area contributed by atoms with Crippen molar-refractivity contribution in [3.05, 3.63) is 58.4 Å². The zero-order valence-corrected chi connectivity index (χ0v) is 16.4. The average Bonchev–Trinajstić information content (AvgIpc) is 3.21. The van der Waals surface area contributed by atoms with Crippen LogP contribution in [0.5, 0.6) is 5.75 Å². The van der Waals surface area contributed by atoms with Gasteiger partial charge in [0.25, 0.3) is 5.91 Å². The van der Waals surface area contributed by atoms with Gasteiger partial charge < -0.3 is 14.5 Å². The van der Waals surface area contributed by atoms with E-state index in [1.165, 1.54) is 0 Å². The molecule has 0 atom stereocenters. The van der Waals surface area contributed by atoms with Crippen LogP contribution in [0.1, 0.15) is 16.1 Å². The summed E-state index contributed by atoms with van der Waals surface area (Å²) < 4.78 is 5.79. The number of benzene rings is 1. The smallest absolute Gasteiger partial charge is 0.260 e. The number of ether oxygens (including phenoxy) is 1. The molecule has 0 spiro atoms. The third-order valence-corrected chi connectivity index (χ3v) is 5.38. The van der Waals surface area contributed by atoms with Crippen LogP contribution in [0.4, 0.5) is 11.4 Å². The lowest BCUT2D eigenvalue weighted by Gasteiger charge is -2.30. The Labute approximate surface area is 162 Å². The molecule has 0 unspecified atom stereocenters. The highest BCUT2D eigenvalue weighted by atomic mass is 32.1. The molecule has 0 aliphatic carbocycles. The van der Waals surface area contributed by atoms with E-state index in [-0.39, 0.29) is 5.91 Å². The minimum atomic E-state index is -0.0426. The molecule has 1 aromatic carbocycles. The van der Waals surface area contributed by atoms with Gasteiger partial charge in [-0.2, -0.15) is 11.3 Å². The van der Waals surface area contributed by atoms with Crippen molar-refractivity contribution in [2.75, 3.05) is 37.0 Å². The van der Waals surface area contributed by atoms with Gasteiger partial charge in [-0.05, 0) is 42.6 Å². The van der Waals surface area contributed by atoms with Gasteiger partial charge in [0.15, 0.2) is 0 Å². The molecule has 3 heterocycles. The summed E-state index contributed by atoms with van der Waals surface area (Å²) in [6.45, 7) is 2.90. The molecular weight excluding hydrogens is 358 g/mol. The Morgan fingerprint density at radius 1 is 1.22 bits per heavy atom. The zero-order chi connectivity index (χ0) is 19.0. The van der Waals surface area contributed by atoms with Crippen molar-refractivity contribution in [1.29, 1.82) is 0 Å². The average molecular weight is 379 g/mol. The number of carbonyl (C=O) groups excluding carboxylic acids is 1. The summed E-state index contributed by atoms with van der Waals surface area (Å²) in [4.78, 5) is 21.7. The van der Waals surface area contributed by atoms with Gasteiger partial charge in [0.1, 0.15) is 12.4 Å². The quantitative estimate of drug-likeness (QED) is 0.683. The second-order valence-corrected chi connectivity index (χ2v) is 7.47. The van der Waals surface area contributed by atoms with Gasteiger partial charge in [-0.15, -0.1) is 0 Å².